The molecule has 0 atom stereocenters. The Balaban J connectivity index is 1.67. The SMILES string of the molecule is O=c1[nH]c(CNc2ccccc2)nc2sc3c(c12)CCCC3. The smallest absolute Gasteiger partial charge is 0.259 e. The average molecular weight is 311 g/mol. The van der Waals surface area contributed by atoms with E-state index in [-0.39, 0.29) is 5.56 Å². The highest BCUT2D eigenvalue weighted by Gasteiger charge is 2.19. The van der Waals surface area contributed by atoms with Crippen LogP contribution in [0.25, 0.3) is 10.2 Å². The number of fused-ring (bicyclic) bond motifs is 3. The maximum atomic E-state index is 12.4. The lowest BCUT2D eigenvalue weighted by Crippen LogP contribution is -2.15. The van der Waals surface area contributed by atoms with Crippen molar-refractivity contribution in [2.75, 3.05) is 5.32 Å². The second-order valence-corrected chi connectivity index (χ2v) is 6.71. The fourth-order valence-electron chi connectivity index (χ4n) is 3.03. The van der Waals surface area contributed by atoms with Crippen molar-refractivity contribution in [2.24, 2.45) is 0 Å². The Bertz CT molecular complexity index is 867. The lowest BCUT2D eigenvalue weighted by molar-refractivity contribution is 0.700. The van der Waals surface area contributed by atoms with Crippen LogP contribution >= 0.6 is 11.3 Å². The van der Waals surface area contributed by atoms with Gasteiger partial charge in [0.15, 0.2) is 0 Å². The minimum Gasteiger partial charge on any atom is -0.378 e. The molecule has 0 aliphatic heterocycles. The molecule has 2 N–H and O–H groups in total. The summed E-state index contributed by atoms with van der Waals surface area (Å²) in [6, 6.07) is 9.94. The number of hydrogen-bond acceptors (Lipinski definition) is 4. The Hall–Kier alpha value is -2.14. The van der Waals surface area contributed by atoms with Gasteiger partial charge in [-0.15, -0.1) is 11.3 Å². The molecular weight excluding hydrogens is 294 g/mol. The van der Waals surface area contributed by atoms with Crippen LogP contribution in [0.15, 0.2) is 35.1 Å². The minimum absolute atomic E-state index is 0.00858. The highest BCUT2D eigenvalue weighted by atomic mass is 32.1. The molecule has 0 fully saturated rings. The van der Waals surface area contributed by atoms with Crippen LogP contribution in [0.5, 0.6) is 0 Å². The zero-order valence-electron chi connectivity index (χ0n) is 12.2. The van der Waals surface area contributed by atoms with Crippen molar-refractivity contribution in [2.45, 2.75) is 32.2 Å². The summed E-state index contributed by atoms with van der Waals surface area (Å²) in [7, 11) is 0. The van der Waals surface area contributed by atoms with Gasteiger partial charge >= 0.3 is 0 Å². The molecule has 22 heavy (non-hydrogen) atoms. The van der Waals surface area contributed by atoms with E-state index in [1.165, 1.54) is 23.3 Å². The first-order valence-electron chi connectivity index (χ1n) is 7.63. The van der Waals surface area contributed by atoms with Gasteiger partial charge in [0.2, 0.25) is 0 Å². The molecule has 3 aromatic rings. The first-order valence-corrected chi connectivity index (χ1v) is 8.45. The van der Waals surface area contributed by atoms with Gasteiger partial charge < -0.3 is 10.3 Å². The minimum atomic E-state index is 0.00858. The van der Waals surface area contributed by atoms with E-state index < -0.39 is 0 Å². The highest BCUT2D eigenvalue weighted by Crippen LogP contribution is 2.33. The molecule has 112 valence electrons. The molecule has 0 unspecified atom stereocenters. The number of aromatic nitrogens is 2. The van der Waals surface area contributed by atoms with Gasteiger partial charge in [-0.05, 0) is 43.4 Å². The zero-order chi connectivity index (χ0) is 14.9. The predicted molar refractivity (Wildman–Crippen MR) is 90.7 cm³/mol. The van der Waals surface area contributed by atoms with Crippen LogP contribution < -0.4 is 10.9 Å². The van der Waals surface area contributed by atoms with Crippen molar-refractivity contribution >= 4 is 27.2 Å². The summed E-state index contributed by atoms with van der Waals surface area (Å²) < 4.78 is 0. The first-order chi connectivity index (χ1) is 10.8. The molecule has 0 saturated carbocycles. The van der Waals surface area contributed by atoms with Gasteiger partial charge in [0.05, 0.1) is 11.9 Å². The van der Waals surface area contributed by atoms with Crippen LogP contribution in [-0.4, -0.2) is 9.97 Å². The summed E-state index contributed by atoms with van der Waals surface area (Å²) in [4.78, 5) is 22.3. The third kappa shape index (κ3) is 2.41. The molecule has 4 nitrogen and oxygen atoms in total. The number of aromatic amines is 1. The average Bonchev–Trinajstić information content (AvgIpc) is 2.92. The van der Waals surface area contributed by atoms with Crippen LogP contribution in [-0.2, 0) is 19.4 Å². The van der Waals surface area contributed by atoms with E-state index in [1.54, 1.807) is 11.3 Å². The van der Waals surface area contributed by atoms with E-state index in [1.807, 2.05) is 30.3 Å². The maximum absolute atomic E-state index is 12.4. The molecule has 1 aliphatic carbocycles. The number of hydrogen-bond donors (Lipinski definition) is 2. The number of nitrogens with zero attached hydrogens (tertiary/aromatic N) is 1. The normalized spacial score (nSPS) is 14.0. The highest BCUT2D eigenvalue weighted by molar-refractivity contribution is 7.18. The number of nitrogens with one attached hydrogen (secondary N) is 2. The lowest BCUT2D eigenvalue weighted by Gasteiger charge is -2.09. The van der Waals surface area contributed by atoms with Crippen LogP contribution in [0.3, 0.4) is 0 Å². The van der Waals surface area contributed by atoms with E-state index in [0.29, 0.717) is 12.4 Å². The lowest BCUT2D eigenvalue weighted by atomic mass is 9.97. The van der Waals surface area contributed by atoms with Crippen molar-refractivity contribution < 1.29 is 0 Å². The van der Waals surface area contributed by atoms with Crippen LogP contribution in [0.1, 0.15) is 29.1 Å². The third-order valence-electron chi connectivity index (χ3n) is 4.11. The van der Waals surface area contributed by atoms with E-state index in [2.05, 4.69) is 15.3 Å². The van der Waals surface area contributed by atoms with E-state index in [9.17, 15) is 4.79 Å². The molecule has 2 heterocycles. The summed E-state index contributed by atoms with van der Waals surface area (Å²) in [5.74, 6) is 0.694. The van der Waals surface area contributed by atoms with Gasteiger partial charge in [0.1, 0.15) is 10.7 Å². The van der Waals surface area contributed by atoms with Crippen LogP contribution in [0, 0.1) is 0 Å². The Morgan fingerprint density at radius 1 is 1.18 bits per heavy atom. The topological polar surface area (TPSA) is 57.8 Å². The molecule has 1 aliphatic rings. The number of thiophene rings is 1. The standard InChI is InChI=1S/C17H17N3OS/c21-16-15-12-8-4-5-9-13(12)22-17(15)20-14(19-16)10-18-11-6-2-1-3-7-11/h1-3,6-7,18H,4-5,8-10H2,(H,19,20,21). The summed E-state index contributed by atoms with van der Waals surface area (Å²) in [6.45, 7) is 0.526. The van der Waals surface area contributed by atoms with Gasteiger partial charge in [-0.2, -0.15) is 0 Å². The summed E-state index contributed by atoms with van der Waals surface area (Å²) in [5, 5.41) is 4.11. The molecular formula is C17H17N3OS. The Kier molecular flexibility index (Phi) is 3.42. The van der Waals surface area contributed by atoms with Crippen molar-refractivity contribution in [3.05, 3.63) is 57.0 Å². The molecule has 4 rings (SSSR count). The summed E-state index contributed by atoms with van der Waals surface area (Å²) >= 11 is 1.69. The third-order valence-corrected chi connectivity index (χ3v) is 5.29. The monoisotopic (exact) mass is 311 g/mol. The maximum Gasteiger partial charge on any atom is 0.259 e. The number of H-pyrrole nitrogens is 1. The predicted octanol–water partition coefficient (Wildman–Crippen LogP) is 3.48. The molecule has 1 aromatic carbocycles. The molecule has 0 saturated heterocycles. The van der Waals surface area contributed by atoms with Crippen molar-refractivity contribution in [3.8, 4) is 0 Å². The molecule has 0 spiro atoms. The molecule has 2 aromatic heterocycles. The number of rotatable bonds is 3. The first kappa shape index (κ1) is 13.5. The van der Waals surface area contributed by atoms with Crippen molar-refractivity contribution in [1.29, 1.82) is 0 Å². The van der Waals surface area contributed by atoms with E-state index in [0.717, 1.165) is 28.7 Å². The van der Waals surface area contributed by atoms with Gasteiger partial charge in [-0.3, -0.25) is 4.79 Å². The van der Waals surface area contributed by atoms with Gasteiger partial charge in [0, 0.05) is 10.6 Å². The Morgan fingerprint density at radius 2 is 2.00 bits per heavy atom. The van der Waals surface area contributed by atoms with E-state index in [4.69, 9.17) is 0 Å². The summed E-state index contributed by atoms with van der Waals surface area (Å²) in [5.41, 5.74) is 2.27. The quantitative estimate of drug-likeness (QED) is 0.778. The van der Waals surface area contributed by atoms with Gasteiger partial charge in [0.25, 0.3) is 5.56 Å². The second-order valence-electron chi connectivity index (χ2n) is 5.62. The molecule has 0 radical (unpaired) electrons. The Labute approximate surface area is 132 Å². The fraction of sp³-hybridized carbons (Fsp3) is 0.294. The summed E-state index contributed by atoms with van der Waals surface area (Å²) in [6.07, 6.45) is 4.50. The largest absolute Gasteiger partial charge is 0.378 e. The van der Waals surface area contributed by atoms with Gasteiger partial charge in [-0.25, -0.2) is 4.98 Å². The number of para-hydroxylation sites is 1. The fourth-order valence-corrected chi connectivity index (χ4v) is 4.31. The Morgan fingerprint density at radius 3 is 2.86 bits per heavy atom. The van der Waals surface area contributed by atoms with Crippen molar-refractivity contribution in [1.82, 2.24) is 9.97 Å². The van der Waals surface area contributed by atoms with Crippen LogP contribution in [0.2, 0.25) is 0 Å². The number of aryl methyl sites for hydroxylation is 2. The van der Waals surface area contributed by atoms with Crippen molar-refractivity contribution in [3.63, 3.8) is 0 Å². The zero-order valence-corrected chi connectivity index (χ0v) is 13.0. The molecule has 5 heteroatoms. The van der Waals surface area contributed by atoms with E-state index >= 15 is 0 Å². The number of anilines is 1. The second kappa shape index (κ2) is 5.57. The molecule has 0 amide bonds. The molecule has 0 bridgehead atoms. The van der Waals surface area contributed by atoms with Crippen LogP contribution in [0.4, 0.5) is 5.69 Å². The number of benzene rings is 1. The van der Waals surface area contributed by atoms with Gasteiger partial charge in [-0.1, -0.05) is 18.2 Å².